The van der Waals surface area contributed by atoms with Gasteiger partial charge in [-0.1, -0.05) is 12.1 Å². The second kappa shape index (κ2) is 4.51. The first-order valence-electron chi connectivity index (χ1n) is 6.07. The van der Waals surface area contributed by atoms with E-state index in [4.69, 9.17) is 5.11 Å². The smallest absolute Gasteiger partial charge is 0.333 e. The molecular formula is C13H10N4O4. The highest BCUT2D eigenvalue weighted by atomic mass is 16.4. The van der Waals surface area contributed by atoms with Gasteiger partial charge in [0.15, 0.2) is 11.2 Å². The molecule has 0 aliphatic rings. The summed E-state index contributed by atoms with van der Waals surface area (Å²) in [5.41, 5.74) is -0.407. The Hall–Kier alpha value is -3.03. The highest BCUT2D eigenvalue weighted by Gasteiger charge is 2.16. The van der Waals surface area contributed by atoms with Crippen molar-refractivity contribution in [1.82, 2.24) is 19.1 Å². The number of benzene rings is 1. The molecule has 2 aromatic heterocycles. The van der Waals surface area contributed by atoms with Crippen molar-refractivity contribution >= 4 is 28.2 Å². The fraction of sp³-hybridized carbons (Fsp3) is 0.154. The molecule has 106 valence electrons. The predicted molar refractivity (Wildman–Crippen MR) is 74.2 cm³/mol. The van der Waals surface area contributed by atoms with Crippen LogP contribution in [0.15, 0.2) is 33.9 Å². The average molecular weight is 286 g/mol. The van der Waals surface area contributed by atoms with E-state index in [0.717, 1.165) is 9.13 Å². The summed E-state index contributed by atoms with van der Waals surface area (Å²) in [7, 11) is 1.28. The number of nitrogens with zero attached hydrogens (tertiary/aromatic N) is 4. The van der Waals surface area contributed by atoms with E-state index in [2.05, 4.69) is 9.97 Å². The van der Waals surface area contributed by atoms with Gasteiger partial charge in [-0.25, -0.2) is 14.8 Å². The second-order valence-corrected chi connectivity index (χ2v) is 4.51. The van der Waals surface area contributed by atoms with Crippen molar-refractivity contribution in [2.75, 3.05) is 0 Å². The number of fused-ring (bicyclic) bond motifs is 2. The molecule has 3 rings (SSSR count). The molecule has 0 aliphatic carbocycles. The first kappa shape index (κ1) is 13.0. The Kier molecular flexibility index (Phi) is 2.79. The van der Waals surface area contributed by atoms with E-state index >= 15 is 0 Å². The molecule has 3 aromatic rings. The Morgan fingerprint density at radius 3 is 2.43 bits per heavy atom. The third-order valence-corrected chi connectivity index (χ3v) is 3.13. The van der Waals surface area contributed by atoms with Crippen LogP contribution in [0.1, 0.15) is 0 Å². The molecule has 1 aromatic carbocycles. The van der Waals surface area contributed by atoms with Gasteiger partial charge in [0.1, 0.15) is 6.54 Å². The Morgan fingerprint density at radius 1 is 1.19 bits per heavy atom. The van der Waals surface area contributed by atoms with Gasteiger partial charge in [0, 0.05) is 7.05 Å². The maximum atomic E-state index is 12.1. The minimum Gasteiger partial charge on any atom is -0.480 e. The van der Waals surface area contributed by atoms with Crippen LogP contribution in [0.5, 0.6) is 0 Å². The van der Waals surface area contributed by atoms with Gasteiger partial charge in [-0.05, 0) is 12.1 Å². The van der Waals surface area contributed by atoms with E-state index < -0.39 is 23.8 Å². The molecule has 0 saturated heterocycles. The SMILES string of the molecule is Cn1c(=O)c2nc3ccccc3nc2n(CC(=O)O)c1=O. The van der Waals surface area contributed by atoms with E-state index in [9.17, 15) is 14.4 Å². The topological polar surface area (TPSA) is 107 Å². The Bertz CT molecular complexity index is 1000. The Labute approximate surface area is 116 Å². The minimum atomic E-state index is -1.20. The summed E-state index contributed by atoms with van der Waals surface area (Å²) < 4.78 is 1.76. The van der Waals surface area contributed by atoms with E-state index in [-0.39, 0.29) is 11.2 Å². The summed E-state index contributed by atoms with van der Waals surface area (Å²) in [6.45, 7) is -0.587. The third-order valence-electron chi connectivity index (χ3n) is 3.13. The molecule has 0 bridgehead atoms. The van der Waals surface area contributed by atoms with Crippen molar-refractivity contribution in [1.29, 1.82) is 0 Å². The van der Waals surface area contributed by atoms with Crippen LogP contribution >= 0.6 is 0 Å². The number of rotatable bonds is 2. The summed E-state index contributed by atoms with van der Waals surface area (Å²) >= 11 is 0. The number of carboxylic acid groups (broad SMARTS) is 1. The standard InChI is InChI=1S/C13H10N4O4/c1-16-12(20)10-11(17(13(16)21)6-9(18)19)15-8-5-3-2-4-7(8)14-10/h2-5H,6H2,1H3,(H,18,19). The van der Waals surface area contributed by atoms with Crippen LogP contribution < -0.4 is 11.2 Å². The molecule has 0 radical (unpaired) electrons. The number of hydrogen-bond donors (Lipinski definition) is 1. The molecule has 0 fully saturated rings. The zero-order chi connectivity index (χ0) is 15.1. The zero-order valence-corrected chi connectivity index (χ0v) is 11.0. The van der Waals surface area contributed by atoms with Gasteiger partial charge < -0.3 is 5.11 Å². The largest absolute Gasteiger partial charge is 0.480 e. The van der Waals surface area contributed by atoms with Crippen LogP contribution in [0.2, 0.25) is 0 Å². The van der Waals surface area contributed by atoms with Crippen molar-refractivity contribution in [2.24, 2.45) is 7.05 Å². The summed E-state index contributed by atoms with van der Waals surface area (Å²) in [4.78, 5) is 43.5. The first-order valence-corrected chi connectivity index (χ1v) is 6.07. The number of para-hydroxylation sites is 2. The van der Waals surface area contributed by atoms with E-state index in [1.54, 1.807) is 24.3 Å². The quantitative estimate of drug-likeness (QED) is 0.650. The van der Waals surface area contributed by atoms with Crippen LogP contribution in [0, 0.1) is 0 Å². The van der Waals surface area contributed by atoms with Gasteiger partial charge in [-0.15, -0.1) is 0 Å². The first-order chi connectivity index (χ1) is 9.99. The third kappa shape index (κ3) is 1.97. The van der Waals surface area contributed by atoms with Crippen LogP contribution in [0.25, 0.3) is 22.2 Å². The van der Waals surface area contributed by atoms with Crippen LogP contribution in [0.4, 0.5) is 0 Å². The summed E-state index contributed by atoms with van der Waals surface area (Å²) in [5, 5.41) is 8.93. The lowest BCUT2D eigenvalue weighted by Gasteiger charge is -2.09. The van der Waals surface area contributed by atoms with Crippen molar-refractivity contribution in [2.45, 2.75) is 6.54 Å². The predicted octanol–water partition coefficient (Wildman–Crippen LogP) is -0.272. The van der Waals surface area contributed by atoms with Crippen LogP contribution in [0.3, 0.4) is 0 Å². The fourth-order valence-corrected chi connectivity index (χ4v) is 2.12. The number of carboxylic acids is 1. The maximum absolute atomic E-state index is 12.1. The van der Waals surface area contributed by atoms with Gasteiger partial charge in [0.05, 0.1) is 11.0 Å². The fourth-order valence-electron chi connectivity index (χ4n) is 2.12. The monoisotopic (exact) mass is 286 g/mol. The van der Waals surface area contributed by atoms with Gasteiger partial charge in [0.25, 0.3) is 5.56 Å². The molecular weight excluding hydrogens is 276 g/mol. The molecule has 0 unspecified atom stereocenters. The van der Waals surface area contributed by atoms with Gasteiger partial charge in [-0.2, -0.15) is 0 Å². The van der Waals surface area contributed by atoms with Crippen molar-refractivity contribution < 1.29 is 9.90 Å². The Morgan fingerprint density at radius 2 is 1.81 bits per heavy atom. The maximum Gasteiger partial charge on any atom is 0.333 e. The summed E-state index contributed by atoms with van der Waals surface area (Å²) in [5.74, 6) is -1.20. The molecule has 2 heterocycles. The average Bonchev–Trinajstić information content (AvgIpc) is 2.47. The zero-order valence-electron chi connectivity index (χ0n) is 11.0. The van der Waals surface area contributed by atoms with Crippen molar-refractivity contribution in [3.63, 3.8) is 0 Å². The molecule has 8 heteroatoms. The molecule has 0 saturated carbocycles. The molecule has 0 atom stereocenters. The number of aromatic nitrogens is 4. The molecule has 0 spiro atoms. The Balaban J connectivity index is 2.55. The number of carbonyl (C=O) groups is 1. The lowest BCUT2D eigenvalue weighted by atomic mass is 10.3. The van der Waals surface area contributed by atoms with E-state index in [1.807, 2.05) is 0 Å². The van der Waals surface area contributed by atoms with Crippen molar-refractivity contribution in [3.8, 4) is 0 Å². The van der Waals surface area contributed by atoms with Gasteiger partial charge in [-0.3, -0.25) is 18.7 Å². The molecule has 1 N–H and O–H groups in total. The van der Waals surface area contributed by atoms with Crippen LogP contribution in [-0.2, 0) is 18.4 Å². The van der Waals surface area contributed by atoms with Gasteiger partial charge >= 0.3 is 11.7 Å². The minimum absolute atomic E-state index is 0.0239. The highest BCUT2D eigenvalue weighted by Crippen LogP contribution is 2.12. The number of hydrogen-bond acceptors (Lipinski definition) is 5. The van der Waals surface area contributed by atoms with E-state index in [0.29, 0.717) is 11.0 Å². The lowest BCUT2D eigenvalue weighted by molar-refractivity contribution is -0.137. The molecule has 0 aliphatic heterocycles. The molecule has 0 amide bonds. The highest BCUT2D eigenvalue weighted by molar-refractivity contribution is 5.84. The summed E-state index contributed by atoms with van der Waals surface area (Å²) in [6.07, 6.45) is 0. The van der Waals surface area contributed by atoms with Gasteiger partial charge in [0.2, 0.25) is 0 Å². The molecule has 8 nitrogen and oxygen atoms in total. The van der Waals surface area contributed by atoms with E-state index in [1.165, 1.54) is 7.05 Å². The lowest BCUT2D eigenvalue weighted by Crippen LogP contribution is -2.40. The number of aliphatic carboxylic acids is 1. The van der Waals surface area contributed by atoms with Crippen LogP contribution in [-0.4, -0.2) is 30.2 Å². The van der Waals surface area contributed by atoms with Crippen molar-refractivity contribution in [3.05, 3.63) is 45.1 Å². The second-order valence-electron chi connectivity index (χ2n) is 4.51. The normalized spacial score (nSPS) is 11.1. The summed E-state index contributed by atoms with van der Waals surface area (Å²) in [6, 6.07) is 6.85. The molecule has 21 heavy (non-hydrogen) atoms.